The second-order valence-corrected chi connectivity index (χ2v) is 7.38. The Balaban J connectivity index is 1.58. The van der Waals surface area contributed by atoms with Gasteiger partial charge in [-0.25, -0.2) is 0 Å². The molecule has 2 fully saturated rings. The minimum absolute atomic E-state index is 0.107. The van der Waals surface area contributed by atoms with Gasteiger partial charge in [-0.15, -0.1) is 0 Å². The highest BCUT2D eigenvalue weighted by atomic mass is 19.4. The summed E-state index contributed by atoms with van der Waals surface area (Å²) >= 11 is 0. The molecule has 25 heavy (non-hydrogen) atoms. The van der Waals surface area contributed by atoms with Crippen molar-refractivity contribution in [2.24, 2.45) is 5.41 Å². The van der Waals surface area contributed by atoms with Gasteiger partial charge in [-0.1, -0.05) is 13.0 Å². The van der Waals surface area contributed by atoms with Crippen molar-refractivity contribution in [1.29, 1.82) is 0 Å². The fraction of sp³-hybridized carbons (Fsp3) is 0.611. The number of piperazine rings is 1. The van der Waals surface area contributed by atoms with Crippen LogP contribution in [0.15, 0.2) is 24.3 Å². The van der Waals surface area contributed by atoms with E-state index in [0.717, 1.165) is 51.3 Å². The number of hydrogen-bond acceptors (Lipinski definition) is 3. The molecule has 2 aliphatic rings. The van der Waals surface area contributed by atoms with Crippen LogP contribution in [0.5, 0.6) is 0 Å². The SMILES string of the molecule is CC1(CN2CCN(C(=O)c3cccc(C(F)(F)F)c3)CC2)CCNC1. The molecule has 1 N–H and O–H groups in total. The van der Waals surface area contributed by atoms with Crippen molar-refractivity contribution in [3.63, 3.8) is 0 Å². The average molecular weight is 355 g/mol. The Labute approximate surface area is 146 Å². The number of amides is 1. The minimum atomic E-state index is -4.43. The Morgan fingerprint density at radius 2 is 1.96 bits per heavy atom. The van der Waals surface area contributed by atoms with Crippen LogP contribution in [-0.2, 0) is 6.18 Å². The number of rotatable bonds is 3. The third-order valence-electron chi connectivity index (χ3n) is 5.16. The average Bonchev–Trinajstić information content (AvgIpc) is 3.00. The molecule has 0 aromatic heterocycles. The van der Waals surface area contributed by atoms with Gasteiger partial charge in [-0.3, -0.25) is 9.69 Å². The molecular formula is C18H24F3N3O. The highest BCUT2D eigenvalue weighted by molar-refractivity contribution is 5.94. The molecule has 3 rings (SSSR count). The van der Waals surface area contributed by atoms with Gasteiger partial charge in [0.15, 0.2) is 0 Å². The lowest BCUT2D eigenvalue weighted by Crippen LogP contribution is -2.51. The monoisotopic (exact) mass is 355 g/mol. The Kier molecular flexibility index (Phi) is 5.06. The van der Waals surface area contributed by atoms with E-state index in [9.17, 15) is 18.0 Å². The molecule has 2 saturated heterocycles. The van der Waals surface area contributed by atoms with Crippen LogP contribution in [0, 0.1) is 5.41 Å². The molecule has 1 aromatic carbocycles. The van der Waals surface area contributed by atoms with Gasteiger partial charge in [0, 0.05) is 44.8 Å². The summed E-state index contributed by atoms with van der Waals surface area (Å²) in [6.45, 7) is 7.96. The molecule has 0 radical (unpaired) electrons. The smallest absolute Gasteiger partial charge is 0.336 e. The van der Waals surface area contributed by atoms with Crippen molar-refractivity contribution in [2.45, 2.75) is 19.5 Å². The number of carbonyl (C=O) groups is 1. The van der Waals surface area contributed by atoms with E-state index in [1.807, 2.05) is 0 Å². The molecular weight excluding hydrogens is 331 g/mol. The van der Waals surface area contributed by atoms with Crippen LogP contribution >= 0.6 is 0 Å². The van der Waals surface area contributed by atoms with Gasteiger partial charge < -0.3 is 10.2 Å². The first-order valence-corrected chi connectivity index (χ1v) is 8.66. The summed E-state index contributed by atoms with van der Waals surface area (Å²) in [7, 11) is 0. The first-order chi connectivity index (χ1) is 11.8. The van der Waals surface area contributed by atoms with E-state index in [1.54, 1.807) is 4.90 Å². The summed E-state index contributed by atoms with van der Waals surface area (Å²) in [5, 5.41) is 3.39. The lowest BCUT2D eigenvalue weighted by molar-refractivity contribution is -0.137. The van der Waals surface area contributed by atoms with Crippen LogP contribution in [0.2, 0.25) is 0 Å². The van der Waals surface area contributed by atoms with Gasteiger partial charge >= 0.3 is 6.18 Å². The largest absolute Gasteiger partial charge is 0.416 e. The van der Waals surface area contributed by atoms with Gasteiger partial charge in [0.1, 0.15) is 0 Å². The molecule has 2 aliphatic heterocycles. The number of alkyl halides is 3. The number of benzene rings is 1. The molecule has 0 saturated carbocycles. The summed E-state index contributed by atoms with van der Waals surface area (Å²) in [6.07, 6.45) is -3.28. The van der Waals surface area contributed by atoms with Gasteiger partial charge in [-0.05, 0) is 36.6 Å². The Bertz CT molecular complexity index is 618. The van der Waals surface area contributed by atoms with Crippen LogP contribution in [0.3, 0.4) is 0 Å². The molecule has 7 heteroatoms. The molecule has 0 aliphatic carbocycles. The standard InChI is InChI=1S/C18H24F3N3O/c1-17(5-6-22-12-17)13-23-7-9-24(10-8-23)16(25)14-3-2-4-15(11-14)18(19,20)21/h2-4,11,22H,5-10,12-13H2,1H3. The second kappa shape index (κ2) is 6.96. The van der Waals surface area contributed by atoms with Crippen molar-refractivity contribution in [3.8, 4) is 0 Å². The number of hydrogen-bond donors (Lipinski definition) is 1. The molecule has 1 unspecified atom stereocenters. The van der Waals surface area contributed by atoms with Crippen molar-refractivity contribution >= 4 is 5.91 Å². The molecule has 138 valence electrons. The number of nitrogens with one attached hydrogen (secondary N) is 1. The topological polar surface area (TPSA) is 35.6 Å². The zero-order chi connectivity index (χ0) is 18.1. The number of carbonyl (C=O) groups excluding carboxylic acids is 1. The summed E-state index contributed by atoms with van der Waals surface area (Å²) in [6, 6.07) is 4.68. The fourth-order valence-electron chi connectivity index (χ4n) is 3.66. The lowest BCUT2D eigenvalue weighted by Gasteiger charge is -2.38. The number of nitrogens with zero attached hydrogens (tertiary/aromatic N) is 2. The summed E-state index contributed by atoms with van der Waals surface area (Å²) < 4.78 is 38.5. The summed E-state index contributed by atoms with van der Waals surface area (Å²) in [4.78, 5) is 16.5. The Morgan fingerprint density at radius 3 is 2.56 bits per heavy atom. The van der Waals surface area contributed by atoms with Crippen LogP contribution in [0.1, 0.15) is 29.3 Å². The van der Waals surface area contributed by atoms with Gasteiger partial charge in [0.05, 0.1) is 5.56 Å². The Hall–Kier alpha value is -1.60. The lowest BCUT2D eigenvalue weighted by atomic mass is 9.89. The molecule has 0 bridgehead atoms. The predicted octanol–water partition coefficient (Wildman–Crippen LogP) is 2.46. The van der Waals surface area contributed by atoms with Crippen LogP contribution in [0.4, 0.5) is 13.2 Å². The van der Waals surface area contributed by atoms with Crippen molar-refractivity contribution in [1.82, 2.24) is 15.1 Å². The van der Waals surface area contributed by atoms with Crippen molar-refractivity contribution < 1.29 is 18.0 Å². The normalized spacial score (nSPS) is 25.4. The van der Waals surface area contributed by atoms with Crippen LogP contribution < -0.4 is 5.32 Å². The van der Waals surface area contributed by atoms with Gasteiger partial charge in [0.25, 0.3) is 5.91 Å². The molecule has 1 atom stereocenters. The summed E-state index contributed by atoms with van der Waals surface area (Å²) in [5.74, 6) is -0.320. The molecule has 2 heterocycles. The van der Waals surface area contributed by atoms with Crippen LogP contribution in [-0.4, -0.2) is 61.5 Å². The molecule has 4 nitrogen and oxygen atoms in total. The first kappa shape index (κ1) is 18.2. The maximum Gasteiger partial charge on any atom is 0.416 e. The second-order valence-electron chi connectivity index (χ2n) is 7.38. The zero-order valence-corrected chi connectivity index (χ0v) is 14.4. The van der Waals surface area contributed by atoms with E-state index in [1.165, 1.54) is 12.1 Å². The van der Waals surface area contributed by atoms with E-state index in [-0.39, 0.29) is 16.9 Å². The Morgan fingerprint density at radius 1 is 1.24 bits per heavy atom. The molecule has 0 spiro atoms. The van der Waals surface area contributed by atoms with E-state index in [2.05, 4.69) is 17.1 Å². The molecule has 1 amide bonds. The van der Waals surface area contributed by atoms with E-state index in [0.29, 0.717) is 13.1 Å². The number of halogens is 3. The third kappa shape index (κ3) is 4.33. The van der Waals surface area contributed by atoms with Crippen molar-refractivity contribution in [3.05, 3.63) is 35.4 Å². The fourth-order valence-corrected chi connectivity index (χ4v) is 3.66. The quantitative estimate of drug-likeness (QED) is 0.905. The van der Waals surface area contributed by atoms with E-state index in [4.69, 9.17) is 0 Å². The maximum absolute atomic E-state index is 12.8. The van der Waals surface area contributed by atoms with E-state index >= 15 is 0 Å². The third-order valence-corrected chi connectivity index (χ3v) is 5.16. The molecule has 1 aromatic rings. The first-order valence-electron chi connectivity index (χ1n) is 8.66. The highest BCUT2D eigenvalue weighted by Gasteiger charge is 2.33. The van der Waals surface area contributed by atoms with Crippen molar-refractivity contribution in [2.75, 3.05) is 45.8 Å². The van der Waals surface area contributed by atoms with Gasteiger partial charge in [0.2, 0.25) is 0 Å². The maximum atomic E-state index is 12.8. The predicted molar refractivity (Wildman–Crippen MR) is 89.4 cm³/mol. The zero-order valence-electron chi connectivity index (χ0n) is 14.4. The highest BCUT2D eigenvalue weighted by Crippen LogP contribution is 2.30. The summed E-state index contributed by atoms with van der Waals surface area (Å²) in [5.41, 5.74) is -0.401. The van der Waals surface area contributed by atoms with Gasteiger partial charge in [-0.2, -0.15) is 13.2 Å². The van der Waals surface area contributed by atoms with E-state index < -0.39 is 11.7 Å². The minimum Gasteiger partial charge on any atom is -0.336 e. The van der Waals surface area contributed by atoms with Crippen LogP contribution in [0.25, 0.3) is 0 Å².